The summed E-state index contributed by atoms with van der Waals surface area (Å²) in [6, 6.07) is -0.223. The molecule has 4 N–H and O–H groups in total. The summed E-state index contributed by atoms with van der Waals surface area (Å²) in [4.78, 5) is 15.3. The van der Waals surface area contributed by atoms with Crippen LogP contribution in [0.15, 0.2) is 0 Å². The highest BCUT2D eigenvalue weighted by molar-refractivity contribution is 5.73. The predicted molar refractivity (Wildman–Crippen MR) is 151 cm³/mol. The molecule has 0 aromatic carbocycles. The van der Waals surface area contributed by atoms with Crippen molar-refractivity contribution in [3.63, 3.8) is 0 Å². The first kappa shape index (κ1) is 34.6. The molecule has 41 heavy (non-hydrogen) atoms. The Morgan fingerprint density at radius 2 is 1.66 bits per heavy atom. The number of ether oxygens (including phenoxy) is 5. The maximum Gasteiger partial charge on any atom is 0.311 e. The van der Waals surface area contributed by atoms with Gasteiger partial charge >= 0.3 is 5.97 Å². The Bertz CT molecular complexity index is 906. The topological polar surface area (TPSA) is 147 Å². The average molecular weight is 590 g/mol. The van der Waals surface area contributed by atoms with Gasteiger partial charge in [-0.2, -0.15) is 0 Å². The van der Waals surface area contributed by atoms with Crippen molar-refractivity contribution in [2.24, 2.45) is 23.7 Å². The maximum atomic E-state index is 13.4. The number of nitrogens with zero attached hydrogens (tertiary/aromatic N) is 1. The van der Waals surface area contributed by atoms with E-state index < -0.39 is 83.4 Å². The Labute approximate surface area is 245 Å². The molecule has 11 heteroatoms. The number of aliphatic hydroxyl groups is 4. The number of methoxy groups -OCH3 is 1. The number of rotatable bonds is 5. The molecule has 15 atom stereocenters. The van der Waals surface area contributed by atoms with E-state index in [-0.39, 0.29) is 18.6 Å². The first-order valence-electron chi connectivity index (χ1n) is 15.1. The molecule has 0 aromatic rings. The van der Waals surface area contributed by atoms with E-state index in [4.69, 9.17) is 23.7 Å². The van der Waals surface area contributed by atoms with Crippen LogP contribution in [0.25, 0.3) is 0 Å². The van der Waals surface area contributed by atoms with Gasteiger partial charge in [-0.1, -0.05) is 27.7 Å². The van der Waals surface area contributed by atoms with E-state index in [0.717, 1.165) is 0 Å². The maximum absolute atomic E-state index is 13.4. The van der Waals surface area contributed by atoms with Gasteiger partial charge in [0.25, 0.3) is 0 Å². The zero-order chi connectivity index (χ0) is 31.2. The van der Waals surface area contributed by atoms with E-state index in [2.05, 4.69) is 0 Å². The summed E-state index contributed by atoms with van der Waals surface area (Å²) in [5.74, 6) is -5.40. The molecule has 3 rings (SSSR count). The number of hydrogen-bond donors (Lipinski definition) is 4. The van der Waals surface area contributed by atoms with Crippen LogP contribution in [-0.4, -0.2) is 118 Å². The van der Waals surface area contributed by atoms with E-state index in [9.17, 15) is 25.2 Å². The molecule has 3 aliphatic rings. The normalized spacial score (nSPS) is 52.0. The molecular formula is C30H55NO10. The number of aliphatic hydroxyl groups excluding tert-OH is 3. The van der Waals surface area contributed by atoms with E-state index in [1.807, 2.05) is 46.7 Å². The van der Waals surface area contributed by atoms with Crippen LogP contribution in [0.3, 0.4) is 0 Å². The van der Waals surface area contributed by atoms with Gasteiger partial charge in [0.05, 0.1) is 35.9 Å². The van der Waals surface area contributed by atoms with Gasteiger partial charge in [-0.15, -0.1) is 0 Å². The van der Waals surface area contributed by atoms with E-state index in [0.29, 0.717) is 12.8 Å². The van der Waals surface area contributed by atoms with Crippen LogP contribution >= 0.6 is 0 Å². The van der Waals surface area contributed by atoms with Gasteiger partial charge in [-0.3, -0.25) is 4.79 Å². The molecule has 0 spiro atoms. The van der Waals surface area contributed by atoms with Crippen LogP contribution in [0, 0.1) is 23.7 Å². The van der Waals surface area contributed by atoms with Crippen molar-refractivity contribution in [2.75, 3.05) is 21.2 Å². The number of carbonyl (C=O) groups excluding carboxylic acids is 1. The second-order valence-corrected chi connectivity index (χ2v) is 13.5. The highest BCUT2D eigenvalue weighted by Gasteiger charge is 2.64. The minimum Gasteiger partial charge on any atom is -0.459 e. The van der Waals surface area contributed by atoms with E-state index in [1.54, 1.807) is 27.7 Å². The van der Waals surface area contributed by atoms with Gasteiger partial charge in [0.1, 0.15) is 17.8 Å². The second kappa shape index (κ2) is 12.6. The fourth-order valence-corrected chi connectivity index (χ4v) is 7.35. The smallest absolute Gasteiger partial charge is 0.311 e. The Morgan fingerprint density at radius 1 is 1.05 bits per heavy atom. The summed E-state index contributed by atoms with van der Waals surface area (Å²) in [5.41, 5.74) is -2.53. The summed E-state index contributed by atoms with van der Waals surface area (Å²) in [7, 11) is 5.30. The van der Waals surface area contributed by atoms with Crippen molar-refractivity contribution in [3.8, 4) is 0 Å². The van der Waals surface area contributed by atoms with Crippen molar-refractivity contribution in [2.45, 2.75) is 141 Å². The van der Waals surface area contributed by atoms with Gasteiger partial charge in [-0.25, -0.2) is 0 Å². The lowest BCUT2D eigenvalue weighted by Crippen LogP contribution is -2.60. The minimum absolute atomic E-state index is 0.199. The van der Waals surface area contributed by atoms with Crippen LogP contribution < -0.4 is 0 Å². The summed E-state index contributed by atoms with van der Waals surface area (Å²) < 4.78 is 30.9. The summed E-state index contributed by atoms with van der Waals surface area (Å²) in [5, 5.41) is 46.1. The van der Waals surface area contributed by atoms with Gasteiger partial charge in [0.15, 0.2) is 12.1 Å². The first-order chi connectivity index (χ1) is 18.9. The number of likely N-dealkylation sites (N-methyl/N-ethyl adjacent to an activating group) is 1. The quantitative estimate of drug-likeness (QED) is 0.347. The highest BCUT2D eigenvalue weighted by Crippen LogP contribution is 2.51. The molecule has 3 aliphatic heterocycles. The number of fused-ring (bicyclic) bond motifs is 2. The third-order valence-corrected chi connectivity index (χ3v) is 10.3. The molecule has 3 fully saturated rings. The van der Waals surface area contributed by atoms with Crippen LogP contribution in [0.1, 0.15) is 74.7 Å². The van der Waals surface area contributed by atoms with E-state index >= 15 is 0 Å². The lowest BCUT2D eigenvalue weighted by atomic mass is 9.74. The van der Waals surface area contributed by atoms with Gasteiger partial charge in [0.2, 0.25) is 0 Å². The monoisotopic (exact) mass is 589 g/mol. The van der Waals surface area contributed by atoms with Crippen LogP contribution in [0.5, 0.6) is 0 Å². The lowest BCUT2D eigenvalue weighted by molar-refractivity contribution is -0.309. The fraction of sp³-hybridized carbons (Fsp3) is 0.967. The largest absolute Gasteiger partial charge is 0.459 e. The molecule has 0 aromatic heterocycles. The second-order valence-electron chi connectivity index (χ2n) is 13.5. The van der Waals surface area contributed by atoms with Crippen molar-refractivity contribution in [3.05, 3.63) is 0 Å². The Balaban J connectivity index is 2.11. The van der Waals surface area contributed by atoms with Crippen molar-refractivity contribution < 1.29 is 48.9 Å². The van der Waals surface area contributed by atoms with E-state index in [1.165, 1.54) is 7.11 Å². The van der Waals surface area contributed by atoms with Crippen LogP contribution in [0.2, 0.25) is 0 Å². The van der Waals surface area contributed by atoms with Gasteiger partial charge in [-0.05, 0) is 61.1 Å². The van der Waals surface area contributed by atoms with Crippen molar-refractivity contribution >= 4 is 5.97 Å². The third kappa shape index (κ3) is 6.21. The Morgan fingerprint density at radius 3 is 2.20 bits per heavy atom. The highest BCUT2D eigenvalue weighted by atomic mass is 16.7. The number of carbonyl (C=O) groups is 1. The number of hydrogen-bond acceptors (Lipinski definition) is 11. The lowest BCUT2D eigenvalue weighted by Gasteiger charge is -2.48. The zero-order valence-corrected chi connectivity index (χ0v) is 26.7. The Kier molecular flexibility index (Phi) is 10.6. The number of esters is 1. The number of cyclic esters (lactones) is 1. The third-order valence-electron chi connectivity index (χ3n) is 10.3. The van der Waals surface area contributed by atoms with Crippen LogP contribution in [0.4, 0.5) is 0 Å². The van der Waals surface area contributed by atoms with Gasteiger partial charge < -0.3 is 49.0 Å². The molecule has 0 saturated carbocycles. The predicted octanol–water partition coefficient (Wildman–Crippen LogP) is 1.67. The van der Waals surface area contributed by atoms with Crippen LogP contribution in [-0.2, 0) is 28.5 Å². The molecule has 0 aliphatic carbocycles. The SMILES string of the molecule is CC[C@H]1OC(=O)[C@H](C)[C@@H](O)[C@H](C)[C@@H](O[C@@H]2O[C@H](C)C[C@H](N(C)C)[C@H]2O)[C@](C)(OC)C[C@@H](C)[C@]2(O)O[C@@]1(C)[C@H](O)[C@H]2C. The molecule has 3 saturated heterocycles. The molecule has 11 nitrogen and oxygen atoms in total. The van der Waals surface area contributed by atoms with Crippen molar-refractivity contribution in [1.29, 1.82) is 0 Å². The molecular weight excluding hydrogens is 534 g/mol. The zero-order valence-electron chi connectivity index (χ0n) is 26.7. The summed E-state index contributed by atoms with van der Waals surface area (Å²) in [6.07, 6.45) is -5.19. The molecule has 3 heterocycles. The standard InChI is InChI=1S/C30H55NO10/c1-12-21-29(8)24(34)19(6)30(36,41-29)15(2)14-28(7,37-11)25(17(4)22(32)18(5)26(35)39-21)40-27-23(33)20(31(9)10)13-16(3)38-27/h15-25,27,32-34,36H,12-14H2,1-11H3/t15-,16-,17+,18-,19-,20+,21-,22+,23-,24-,25-,27+,28-,29-,30+/m1/s1. The molecule has 0 amide bonds. The average Bonchev–Trinajstić information content (AvgIpc) is 3.10. The first-order valence-corrected chi connectivity index (χ1v) is 15.1. The molecule has 2 bridgehead atoms. The molecule has 0 radical (unpaired) electrons. The molecule has 0 unspecified atom stereocenters. The van der Waals surface area contributed by atoms with Gasteiger partial charge in [0, 0.05) is 30.9 Å². The van der Waals surface area contributed by atoms with Crippen molar-refractivity contribution in [1.82, 2.24) is 4.90 Å². The Hall–Kier alpha value is -0.890. The minimum atomic E-state index is -1.79. The summed E-state index contributed by atoms with van der Waals surface area (Å²) >= 11 is 0. The molecule has 240 valence electrons. The summed E-state index contributed by atoms with van der Waals surface area (Å²) in [6.45, 7) is 14.1. The fourth-order valence-electron chi connectivity index (χ4n) is 7.35.